The van der Waals surface area contributed by atoms with Crippen molar-refractivity contribution in [3.05, 3.63) is 48.5 Å². The first-order chi connectivity index (χ1) is 6.36. The molecule has 0 aliphatic heterocycles. The maximum absolute atomic E-state index is 13.0. The van der Waals surface area contributed by atoms with E-state index in [1.54, 1.807) is 36.7 Å². The standard InChI is InChI=1S/C10H8FNO/c11-9-3-1-2-4-10(9)13-8-5-6-12-7-8/h1-7,12H. The number of nitrogens with one attached hydrogen (secondary N) is 1. The minimum atomic E-state index is -0.358. The number of benzene rings is 1. The van der Waals surface area contributed by atoms with Crippen molar-refractivity contribution in [3.8, 4) is 11.5 Å². The van der Waals surface area contributed by atoms with Crippen molar-refractivity contribution in [1.82, 2.24) is 4.98 Å². The van der Waals surface area contributed by atoms with E-state index < -0.39 is 0 Å². The van der Waals surface area contributed by atoms with Gasteiger partial charge in [0.15, 0.2) is 11.6 Å². The number of hydrogen-bond donors (Lipinski definition) is 1. The van der Waals surface area contributed by atoms with E-state index in [0.29, 0.717) is 5.75 Å². The fourth-order valence-corrected chi connectivity index (χ4v) is 1.03. The molecule has 0 fully saturated rings. The van der Waals surface area contributed by atoms with Gasteiger partial charge in [0, 0.05) is 12.4 Å². The van der Waals surface area contributed by atoms with Crippen LogP contribution in [0.5, 0.6) is 11.5 Å². The molecule has 3 heteroatoms. The Bertz CT molecular complexity index is 384. The minimum absolute atomic E-state index is 0.238. The molecular formula is C10H8FNO. The first kappa shape index (κ1) is 7.86. The van der Waals surface area contributed by atoms with Gasteiger partial charge in [0.1, 0.15) is 5.75 Å². The fourth-order valence-electron chi connectivity index (χ4n) is 1.03. The average Bonchev–Trinajstić information content (AvgIpc) is 2.61. The van der Waals surface area contributed by atoms with Gasteiger partial charge in [0.25, 0.3) is 0 Å². The van der Waals surface area contributed by atoms with E-state index >= 15 is 0 Å². The molecule has 0 saturated carbocycles. The zero-order valence-electron chi connectivity index (χ0n) is 6.83. The third kappa shape index (κ3) is 1.69. The molecule has 0 aliphatic rings. The van der Waals surface area contributed by atoms with Gasteiger partial charge in [-0.15, -0.1) is 0 Å². The van der Waals surface area contributed by atoms with E-state index in [9.17, 15) is 4.39 Å². The molecule has 2 nitrogen and oxygen atoms in total. The summed E-state index contributed by atoms with van der Waals surface area (Å²) in [4.78, 5) is 2.82. The number of rotatable bonds is 2. The molecular weight excluding hydrogens is 169 g/mol. The maximum atomic E-state index is 13.0. The highest BCUT2D eigenvalue weighted by atomic mass is 19.1. The SMILES string of the molecule is Fc1ccccc1Oc1cc[nH]c1. The summed E-state index contributed by atoms with van der Waals surface area (Å²) in [7, 11) is 0. The van der Waals surface area contributed by atoms with E-state index in [-0.39, 0.29) is 11.6 Å². The van der Waals surface area contributed by atoms with Gasteiger partial charge in [0.05, 0.1) is 0 Å². The van der Waals surface area contributed by atoms with Gasteiger partial charge >= 0.3 is 0 Å². The quantitative estimate of drug-likeness (QED) is 0.749. The highest BCUT2D eigenvalue weighted by Crippen LogP contribution is 2.22. The topological polar surface area (TPSA) is 25.0 Å². The van der Waals surface area contributed by atoms with Gasteiger partial charge in [-0.2, -0.15) is 0 Å². The van der Waals surface area contributed by atoms with Gasteiger partial charge < -0.3 is 9.72 Å². The van der Waals surface area contributed by atoms with E-state index in [1.165, 1.54) is 6.07 Å². The van der Waals surface area contributed by atoms with Crippen molar-refractivity contribution in [1.29, 1.82) is 0 Å². The van der Waals surface area contributed by atoms with Crippen molar-refractivity contribution in [3.63, 3.8) is 0 Å². The Hall–Kier alpha value is -1.77. The van der Waals surface area contributed by atoms with Crippen LogP contribution >= 0.6 is 0 Å². The highest BCUT2D eigenvalue weighted by molar-refractivity contribution is 5.30. The lowest BCUT2D eigenvalue weighted by Crippen LogP contribution is -1.85. The van der Waals surface area contributed by atoms with Crippen LogP contribution in [0.4, 0.5) is 4.39 Å². The zero-order valence-corrected chi connectivity index (χ0v) is 6.83. The molecule has 1 aromatic heterocycles. The number of halogens is 1. The second-order valence-corrected chi connectivity index (χ2v) is 2.58. The van der Waals surface area contributed by atoms with Crippen LogP contribution in [0.15, 0.2) is 42.7 Å². The van der Waals surface area contributed by atoms with Crippen LogP contribution in [-0.2, 0) is 0 Å². The normalized spacial score (nSPS) is 9.92. The molecule has 0 aliphatic carbocycles. The molecule has 2 rings (SSSR count). The van der Waals surface area contributed by atoms with E-state index in [0.717, 1.165) is 0 Å². The van der Waals surface area contributed by atoms with Crippen LogP contribution in [0, 0.1) is 5.82 Å². The molecule has 13 heavy (non-hydrogen) atoms. The van der Waals surface area contributed by atoms with Crippen LogP contribution in [0.1, 0.15) is 0 Å². The van der Waals surface area contributed by atoms with Crippen molar-refractivity contribution >= 4 is 0 Å². The lowest BCUT2D eigenvalue weighted by molar-refractivity contribution is 0.443. The first-order valence-corrected chi connectivity index (χ1v) is 3.91. The third-order valence-corrected chi connectivity index (χ3v) is 1.63. The molecule has 66 valence electrons. The molecule has 0 radical (unpaired) electrons. The van der Waals surface area contributed by atoms with Crippen LogP contribution < -0.4 is 4.74 Å². The monoisotopic (exact) mass is 177 g/mol. The molecule has 0 amide bonds. The number of H-pyrrole nitrogens is 1. The summed E-state index contributed by atoms with van der Waals surface area (Å²) >= 11 is 0. The summed E-state index contributed by atoms with van der Waals surface area (Å²) in [5.74, 6) is 0.482. The van der Waals surface area contributed by atoms with Crippen molar-refractivity contribution in [2.45, 2.75) is 0 Å². The van der Waals surface area contributed by atoms with Gasteiger partial charge in [0.2, 0.25) is 0 Å². The van der Waals surface area contributed by atoms with Crippen LogP contribution in [0.25, 0.3) is 0 Å². The second-order valence-electron chi connectivity index (χ2n) is 2.58. The summed E-state index contributed by atoms with van der Waals surface area (Å²) in [6.45, 7) is 0. The third-order valence-electron chi connectivity index (χ3n) is 1.63. The smallest absolute Gasteiger partial charge is 0.165 e. The first-order valence-electron chi connectivity index (χ1n) is 3.91. The Balaban J connectivity index is 2.24. The van der Waals surface area contributed by atoms with Crippen LogP contribution in [-0.4, -0.2) is 4.98 Å². The fraction of sp³-hybridized carbons (Fsp3) is 0. The molecule has 0 spiro atoms. The molecule has 0 saturated heterocycles. The Labute approximate surface area is 75.0 Å². The largest absolute Gasteiger partial charge is 0.453 e. The number of aromatic nitrogens is 1. The van der Waals surface area contributed by atoms with Gasteiger partial charge in [-0.3, -0.25) is 0 Å². The average molecular weight is 177 g/mol. The molecule has 1 heterocycles. The van der Waals surface area contributed by atoms with E-state index in [1.807, 2.05) is 0 Å². The molecule has 1 aromatic carbocycles. The minimum Gasteiger partial charge on any atom is -0.453 e. The van der Waals surface area contributed by atoms with Crippen LogP contribution in [0.2, 0.25) is 0 Å². The maximum Gasteiger partial charge on any atom is 0.165 e. The summed E-state index contributed by atoms with van der Waals surface area (Å²) in [6, 6.07) is 8.03. The summed E-state index contributed by atoms with van der Waals surface area (Å²) in [5.41, 5.74) is 0. The number of aromatic amines is 1. The van der Waals surface area contributed by atoms with Crippen molar-refractivity contribution in [2.24, 2.45) is 0 Å². The molecule has 1 N–H and O–H groups in total. The Kier molecular flexibility index (Phi) is 2.00. The van der Waals surface area contributed by atoms with Crippen molar-refractivity contribution in [2.75, 3.05) is 0 Å². The molecule has 0 bridgehead atoms. The Morgan fingerprint density at radius 3 is 2.69 bits per heavy atom. The van der Waals surface area contributed by atoms with E-state index in [2.05, 4.69) is 4.98 Å². The second kappa shape index (κ2) is 3.31. The molecule has 2 aromatic rings. The predicted molar refractivity (Wildman–Crippen MR) is 47.3 cm³/mol. The lowest BCUT2D eigenvalue weighted by atomic mass is 10.3. The number of para-hydroxylation sites is 1. The van der Waals surface area contributed by atoms with E-state index in [4.69, 9.17) is 4.74 Å². The van der Waals surface area contributed by atoms with Crippen LogP contribution in [0.3, 0.4) is 0 Å². The van der Waals surface area contributed by atoms with Gasteiger partial charge in [-0.05, 0) is 18.2 Å². The lowest BCUT2D eigenvalue weighted by Gasteiger charge is -2.02. The highest BCUT2D eigenvalue weighted by Gasteiger charge is 2.02. The van der Waals surface area contributed by atoms with Gasteiger partial charge in [-0.1, -0.05) is 12.1 Å². The number of ether oxygens (including phenoxy) is 1. The summed E-state index contributed by atoms with van der Waals surface area (Å²) in [6.07, 6.45) is 3.38. The summed E-state index contributed by atoms with van der Waals surface area (Å²) in [5, 5.41) is 0. The Morgan fingerprint density at radius 1 is 1.15 bits per heavy atom. The van der Waals surface area contributed by atoms with Crippen molar-refractivity contribution < 1.29 is 9.13 Å². The number of hydrogen-bond acceptors (Lipinski definition) is 1. The van der Waals surface area contributed by atoms with Gasteiger partial charge in [-0.25, -0.2) is 4.39 Å². The summed E-state index contributed by atoms with van der Waals surface area (Å²) < 4.78 is 18.3. The zero-order chi connectivity index (χ0) is 9.10. The Morgan fingerprint density at radius 2 is 2.00 bits per heavy atom. The molecule has 0 atom stereocenters. The molecule has 0 unspecified atom stereocenters. The predicted octanol–water partition coefficient (Wildman–Crippen LogP) is 2.95.